The fraction of sp³-hybridized carbons (Fsp3) is 0.615. The Morgan fingerprint density at radius 3 is 2.64 bits per heavy atom. The molecule has 1 aromatic heterocycles. The number of ether oxygens (including phenoxy) is 1. The molecular formula is C13H21ClN2O5S. The van der Waals surface area contributed by atoms with Gasteiger partial charge in [-0.05, 0) is 33.2 Å². The van der Waals surface area contributed by atoms with Crippen molar-refractivity contribution in [1.29, 1.82) is 0 Å². The zero-order valence-corrected chi connectivity index (χ0v) is 14.4. The highest BCUT2D eigenvalue weighted by molar-refractivity contribution is 7.89. The van der Waals surface area contributed by atoms with Crippen molar-refractivity contribution in [3.63, 3.8) is 0 Å². The van der Waals surface area contributed by atoms with Crippen molar-refractivity contribution in [3.05, 3.63) is 17.1 Å². The number of methoxy groups -OCH3 is 1. The normalized spacial score (nSPS) is 18.0. The number of aryl methyl sites for hydroxylation is 2. The van der Waals surface area contributed by atoms with Crippen LogP contribution in [0.1, 0.15) is 34.7 Å². The van der Waals surface area contributed by atoms with Crippen molar-refractivity contribution >= 4 is 28.4 Å². The summed E-state index contributed by atoms with van der Waals surface area (Å²) in [5.41, 5.74) is -0.0399. The minimum Gasteiger partial charge on any atom is -0.465 e. The summed E-state index contributed by atoms with van der Waals surface area (Å²) in [5, 5.41) is 3.21. The maximum atomic E-state index is 12.5. The Morgan fingerprint density at radius 2 is 2.09 bits per heavy atom. The molecule has 0 amide bonds. The fourth-order valence-electron chi connectivity index (χ4n) is 2.54. The number of sulfonamides is 1. The first-order valence-electron chi connectivity index (χ1n) is 6.78. The molecule has 22 heavy (non-hydrogen) atoms. The predicted octanol–water partition coefficient (Wildman–Crippen LogP) is 1.14. The lowest BCUT2D eigenvalue weighted by molar-refractivity contribution is 0.0595. The van der Waals surface area contributed by atoms with Gasteiger partial charge in [0, 0.05) is 12.6 Å². The molecule has 1 aromatic rings. The van der Waals surface area contributed by atoms with Crippen molar-refractivity contribution in [2.75, 3.05) is 20.2 Å². The lowest BCUT2D eigenvalue weighted by Crippen LogP contribution is -2.37. The van der Waals surface area contributed by atoms with E-state index in [4.69, 9.17) is 4.42 Å². The van der Waals surface area contributed by atoms with Crippen LogP contribution in [0.25, 0.3) is 0 Å². The van der Waals surface area contributed by atoms with E-state index in [9.17, 15) is 13.2 Å². The minimum atomic E-state index is -3.83. The molecule has 2 heterocycles. The van der Waals surface area contributed by atoms with Gasteiger partial charge < -0.3 is 14.5 Å². The second-order valence-corrected chi connectivity index (χ2v) is 6.76. The Kier molecular flexibility index (Phi) is 6.42. The number of nitrogens with one attached hydrogen (secondary N) is 2. The summed E-state index contributed by atoms with van der Waals surface area (Å²) in [5.74, 6) is -0.304. The number of esters is 1. The summed E-state index contributed by atoms with van der Waals surface area (Å²) < 4.78 is 37.4. The van der Waals surface area contributed by atoms with E-state index in [2.05, 4.69) is 14.8 Å². The third-order valence-electron chi connectivity index (χ3n) is 3.55. The van der Waals surface area contributed by atoms with E-state index >= 15 is 0 Å². The van der Waals surface area contributed by atoms with Crippen LogP contribution in [-0.2, 0) is 14.8 Å². The molecule has 2 rings (SSSR count). The number of rotatable bonds is 5. The summed E-state index contributed by atoms with van der Waals surface area (Å²) in [6.45, 7) is 4.23. The number of furan rings is 1. The van der Waals surface area contributed by atoms with Gasteiger partial charge in [0.25, 0.3) is 0 Å². The van der Waals surface area contributed by atoms with Crippen LogP contribution in [0.15, 0.2) is 9.31 Å². The molecule has 0 spiro atoms. The monoisotopic (exact) mass is 352 g/mol. The molecule has 1 fully saturated rings. The third kappa shape index (κ3) is 3.81. The van der Waals surface area contributed by atoms with Crippen molar-refractivity contribution < 1.29 is 22.4 Å². The van der Waals surface area contributed by atoms with E-state index in [0.717, 1.165) is 19.4 Å². The van der Waals surface area contributed by atoms with Gasteiger partial charge in [0.15, 0.2) is 0 Å². The third-order valence-corrected chi connectivity index (χ3v) is 5.12. The van der Waals surface area contributed by atoms with E-state index in [1.807, 2.05) is 0 Å². The summed E-state index contributed by atoms with van der Waals surface area (Å²) in [7, 11) is -2.62. The first-order valence-corrected chi connectivity index (χ1v) is 8.26. The SMILES string of the molecule is COC(=O)c1c(C)oc(C)c1S(=O)(=O)NCC1CCCN1.Cl. The summed E-state index contributed by atoms with van der Waals surface area (Å²) in [6, 6.07) is 0.120. The molecule has 126 valence electrons. The highest BCUT2D eigenvalue weighted by Gasteiger charge is 2.32. The van der Waals surface area contributed by atoms with Crippen LogP contribution in [0.5, 0.6) is 0 Å². The van der Waals surface area contributed by atoms with E-state index in [1.54, 1.807) is 0 Å². The molecule has 0 radical (unpaired) electrons. The van der Waals surface area contributed by atoms with Gasteiger partial charge in [0.1, 0.15) is 22.0 Å². The van der Waals surface area contributed by atoms with E-state index in [0.29, 0.717) is 0 Å². The van der Waals surface area contributed by atoms with Crippen LogP contribution in [0, 0.1) is 13.8 Å². The average Bonchev–Trinajstić information content (AvgIpc) is 3.03. The van der Waals surface area contributed by atoms with Gasteiger partial charge in [-0.25, -0.2) is 17.9 Å². The van der Waals surface area contributed by atoms with Crippen molar-refractivity contribution in [3.8, 4) is 0 Å². The molecule has 1 aliphatic heterocycles. The van der Waals surface area contributed by atoms with Crippen LogP contribution >= 0.6 is 12.4 Å². The lowest BCUT2D eigenvalue weighted by atomic mass is 10.2. The van der Waals surface area contributed by atoms with Crippen LogP contribution in [0.3, 0.4) is 0 Å². The van der Waals surface area contributed by atoms with Gasteiger partial charge in [-0.1, -0.05) is 0 Å². The molecule has 0 bridgehead atoms. The first-order chi connectivity index (χ1) is 9.86. The van der Waals surface area contributed by atoms with Gasteiger partial charge in [-0.3, -0.25) is 0 Å². The molecule has 0 aliphatic carbocycles. The highest BCUT2D eigenvalue weighted by Crippen LogP contribution is 2.27. The molecular weight excluding hydrogens is 332 g/mol. The van der Waals surface area contributed by atoms with Crippen molar-refractivity contribution in [2.45, 2.75) is 37.6 Å². The Bertz CT molecular complexity index is 635. The largest absolute Gasteiger partial charge is 0.465 e. The van der Waals surface area contributed by atoms with Crippen LogP contribution in [0.2, 0.25) is 0 Å². The van der Waals surface area contributed by atoms with Crippen molar-refractivity contribution in [1.82, 2.24) is 10.0 Å². The van der Waals surface area contributed by atoms with Gasteiger partial charge in [-0.15, -0.1) is 12.4 Å². The molecule has 1 aliphatic rings. The van der Waals surface area contributed by atoms with Gasteiger partial charge in [0.2, 0.25) is 10.0 Å². The van der Waals surface area contributed by atoms with Crippen LogP contribution in [0.4, 0.5) is 0 Å². The van der Waals surface area contributed by atoms with Crippen LogP contribution < -0.4 is 10.0 Å². The topological polar surface area (TPSA) is 97.6 Å². The Hall–Kier alpha value is -1.09. The average molecular weight is 353 g/mol. The maximum absolute atomic E-state index is 12.5. The number of carbonyl (C=O) groups is 1. The van der Waals surface area contributed by atoms with Gasteiger partial charge >= 0.3 is 5.97 Å². The standard InChI is InChI=1S/C13H20N2O5S.ClH/c1-8-11(13(16)19-3)12(9(2)20-8)21(17,18)15-7-10-5-4-6-14-10;/h10,14-15H,4-7H2,1-3H3;1H. The Morgan fingerprint density at radius 1 is 1.41 bits per heavy atom. The zero-order chi connectivity index (χ0) is 15.6. The van der Waals surface area contributed by atoms with E-state index in [1.165, 1.54) is 21.0 Å². The number of halogens is 1. The fourth-order valence-corrected chi connectivity index (χ4v) is 4.02. The molecule has 1 atom stereocenters. The lowest BCUT2D eigenvalue weighted by Gasteiger charge is -2.12. The maximum Gasteiger partial charge on any atom is 0.342 e. The van der Waals surface area contributed by atoms with Crippen LogP contribution in [-0.4, -0.2) is 40.6 Å². The second kappa shape index (κ2) is 7.45. The number of hydrogen-bond acceptors (Lipinski definition) is 6. The minimum absolute atomic E-state index is 0. The van der Waals surface area contributed by atoms with Gasteiger partial charge in [0.05, 0.1) is 7.11 Å². The first kappa shape index (κ1) is 19.0. The molecule has 0 aromatic carbocycles. The number of carbonyl (C=O) groups excluding carboxylic acids is 1. The quantitative estimate of drug-likeness (QED) is 0.771. The second-order valence-electron chi connectivity index (χ2n) is 5.06. The molecule has 7 nitrogen and oxygen atoms in total. The van der Waals surface area contributed by atoms with E-state index in [-0.39, 0.29) is 47.0 Å². The highest BCUT2D eigenvalue weighted by atomic mass is 35.5. The van der Waals surface area contributed by atoms with Gasteiger partial charge in [-0.2, -0.15) is 0 Å². The number of hydrogen-bond donors (Lipinski definition) is 2. The van der Waals surface area contributed by atoms with E-state index < -0.39 is 16.0 Å². The predicted molar refractivity (Wildman–Crippen MR) is 83.0 cm³/mol. The molecule has 9 heteroatoms. The smallest absolute Gasteiger partial charge is 0.342 e. The Labute approximate surface area is 136 Å². The summed E-state index contributed by atoms with van der Waals surface area (Å²) in [4.78, 5) is 11.7. The molecule has 1 saturated heterocycles. The van der Waals surface area contributed by atoms with Crippen molar-refractivity contribution in [2.24, 2.45) is 0 Å². The Balaban J connectivity index is 0.00000242. The molecule has 1 unspecified atom stereocenters. The zero-order valence-electron chi connectivity index (χ0n) is 12.8. The molecule has 2 N–H and O–H groups in total. The summed E-state index contributed by atoms with van der Waals surface area (Å²) in [6.07, 6.45) is 1.96. The summed E-state index contributed by atoms with van der Waals surface area (Å²) >= 11 is 0. The molecule has 0 saturated carbocycles.